The third-order valence-corrected chi connectivity index (χ3v) is 4.31. The molecular weight excluding hydrogens is 334 g/mol. The molecule has 0 aliphatic carbocycles. The second-order valence-corrected chi connectivity index (χ2v) is 6.44. The molecule has 1 heterocycles. The Balaban J connectivity index is 1.65. The van der Waals surface area contributed by atoms with Crippen LogP contribution in [-0.2, 0) is 0 Å². The van der Waals surface area contributed by atoms with Gasteiger partial charge in [0.25, 0.3) is 5.91 Å². The lowest BCUT2D eigenvalue weighted by Gasteiger charge is -2.10. The summed E-state index contributed by atoms with van der Waals surface area (Å²) >= 11 is 0. The van der Waals surface area contributed by atoms with E-state index in [4.69, 9.17) is 0 Å². The van der Waals surface area contributed by atoms with Crippen LogP contribution in [0.15, 0.2) is 77.9 Å². The Morgan fingerprint density at radius 3 is 2.19 bits per heavy atom. The van der Waals surface area contributed by atoms with Gasteiger partial charge in [-0.15, -0.1) is 0 Å². The highest BCUT2D eigenvalue weighted by Crippen LogP contribution is 2.16. The van der Waals surface area contributed by atoms with E-state index < -0.39 is 0 Å². The molecule has 0 unspecified atom stereocenters. The van der Waals surface area contributed by atoms with Crippen LogP contribution in [-0.4, -0.2) is 16.2 Å². The van der Waals surface area contributed by atoms with Crippen LogP contribution in [0.3, 0.4) is 0 Å². The minimum absolute atomic E-state index is 0.227. The number of amides is 1. The smallest absolute Gasteiger partial charge is 0.271 e. The molecule has 0 radical (unpaired) electrons. The first kappa shape index (κ1) is 18.4. The van der Waals surface area contributed by atoms with Gasteiger partial charge in [0.2, 0.25) is 0 Å². The fourth-order valence-electron chi connectivity index (χ4n) is 2.86. The lowest BCUT2D eigenvalue weighted by molar-refractivity contribution is 0.0955. The first-order chi connectivity index (χ1) is 13.0. The van der Waals surface area contributed by atoms with E-state index >= 15 is 0 Å². The van der Waals surface area contributed by atoms with Crippen molar-refractivity contribution in [2.45, 2.75) is 20.8 Å². The normalized spacial score (nSPS) is 11.7. The number of allylic oxidation sites excluding steroid dienone is 1. The molecule has 27 heavy (non-hydrogen) atoms. The van der Waals surface area contributed by atoms with E-state index in [0.717, 1.165) is 28.4 Å². The van der Waals surface area contributed by atoms with Gasteiger partial charge < -0.3 is 4.57 Å². The maximum atomic E-state index is 12.3. The number of hydrazone groups is 1. The number of rotatable bonds is 5. The van der Waals surface area contributed by atoms with Crippen LogP contribution in [0.25, 0.3) is 11.8 Å². The standard InChI is InChI=1S/C23H23N3O/c1-17(9-12-20-7-5-4-6-8-20)24-25-23(27)21-13-15-22(16-14-21)26-18(2)10-11-19(26)3/h4-16H,1-3H3,(H,25,27)/b12-9+,24-17-. The Morgan fingerprint density at radius 2 is 1.56 bits per heavy atom. The second kappa shape index (κ2) is 8.32. The monoisotopic (exact) mass is 357 g/mol. The molecule has 3 rings (SSSR count). The molecular formula is C23H23N3O. The third kappa shape index (κ3) is 4.61. The van der Waals surface area contributed by atoms with Gasteiger partial charge in [-0.1, -0.05) is 36.4 Å². The van der Waals surface area contributed by atoms with Crippen LogP contribution in [0.1, 0.15) is 34.2 Å². The molecule has 136 valence electrons. The topological polar surface area (TPSA) is 46.4 Å². The number of hydrogen-bond acceptors (Lipinski definition) is 2. The molecule has 4 heteroatoms. The summed E-state index contributed by atoms with van der Waals surface area (Å²) in [5.74, 6) is -0.227. The minimum atomic E-state index is -0.227. The minimum Gasteiger partial charge on any atom is -0.319 e. The summed E-state index contributed by atoms with van der Waals surface area (Å²) in [7, 11) is 0. The number of aryl methyl sites for hydroxylation is 2. The van der Waals surface area contributed by atoms with Gasteiger partial charge in [-0.2, -0.15) is 5.10 Å². The zero-order valence-corrected chi connectivity index (χ0v) is 15.8. The summed E-state index contributed by atoms with van der Waals surface area (Å²) in [5.41, 5.74) is 8.35. The van der Waals surface area contributed by atoms with Gasteiger partial charge >= 0.3 is 0 Å². The van der Waals surface area contributed by atoms with E-state index in [-0.39, 0.29) is 5.91 Å². The molecule has 0 spiro atoms. The van der Waals surface area contributed by atoms with Gasteiger partial charge in [0.15, 0.2) is 0 Å². The molecule has 2 aromatic carbocycles. The molecule has 0 aliphatic rings. The zero-order valence-electron chi connectivity index (χ0n) is 15.8. The van der Waals surface area contributed by atoms with Crippen LogP contribution in [0.5, 0.6) is 0 Å². The van der Waals surface area contributed by atoms with Gasteiger partial charge in [-0.3, -0.25) is 4.79 Å². The molecule has 0 aliphatic heterocycles. The summed E-state index contributed by atoms with van der Waals surface area (Å²) in [5, 5.41) is 4.14. The molecule has 1 amide bonds. The lowest BCUT2D eigenvalue weighted by atomic mass is 10.2. The largest absolute Gasteiger partial charge is 0.319 e. The number of hydrogen-bond donors (Lipinski definition) is 1. The maximum absolute atomic E-state index is 12.3. The Labute approximate surface area is 159 Å². The van der Waals surface area contributed by atoms with Crippen molar-refractivity contribution in [1.82, 2.24) is 9.99 Å². The van der Waals surface area contributed by atoms with Crippen molar-refractivity contribution in [3.8, 4) is 5.69 Å². The molecule has 0 bridgehead atoms. The van der Waals surface area contributed by atoms with Crippen LogP contribution < -0.4 is 5.43 Å². The highest BCUT2D eigenvalue weighted by atomic mass is 16.2. The van der Waals surface area contributed by atoms with Crippen molar-refractivity contribution in [1.29, 1.82) is 0 Å². The number of carbonyl (C=O) groups excluding carboxylic acids is 1. The SMILES string of the molecule is CC(/C=C/c1ccccc1)=N/NC(=O)c1ccc(-n2c(C)ccc2C)cc1. The molecule has 1 aromatic heterocycles. The lowest BCUT2D eigenvalue weighted by Crippen LogP contribution is -2.18. The number of nitrogens with one attached hydrogen (secondary N) is 1. The molecule has 0 saturated carbocycles. The number of nitrogens with zero attached hydrogens (tertiary/aromatic N) is 2. The molecule has 0 fully saturated rings. The molecule has 4 nitrogen and oxygen atoms in total. The number of carbonyl (C=O) groups is 1. The Hall–Kier alpha value is -3.40. The van der Waals surface area contributed by atoms with Crippen LogP contribution in [0, 0.1) is 13.8 Å². The predicted octanol–water partition coefficient (Wildman–Crippen LogP) is 4.91. The average Bonchev–Trinajstić information content (AvgIpc) is 3.03. The van der Waals surface area contributed by atoms with E-state index in [1.807, 2.05) is 73.7 Å². The summed E-state index contributed by atoms with van der Waals surface area (Å²) in [4.78, 5) is 12.3. The Bertz CT molecular complexity index is 961. The first-order valence-corrected chi connectivity index (χ1v) is 8.88. The quantitative estimate of drug-likeness (QED) is 0.512. The molecule has 0 saturated heterocycles. The van der Waals surface area contributed by atoms with Crippen LogP contribution >= 0.6 is 0 Å². The summed E-state index contributed by atoms with van der Waals surface area (Å²) in [6.45, 7) is 5.97. The van der Waals surface area contributed by atoms with Gasteiger partial charge in [-0.25, -0.2) is 5.43 Å². The number of benzene rings is 2. The number of aromatic nitrogens is 1. The average molecular weight is 357 g/mol. The van der Waals surface area contributed by atoms with Crippen molar-refractivity contribution in [2.75, 3.05) is 0 Å². The fourth-order valence-corrected chi connectivity index (χ4v) is 2.86. The Morgan fingerprint density at radius 1 is 0.926 bits per heavy atom. The van der Waals surface area contributed by atoms with Crippen molar-refractivity contribution >= 4 is 17.7 Å². The fraction of sp³-hybridized carbons (Fsp3) is 0.130. The van der Waals surface area contributed by atoms with Crippen molar-refractivity contribution < 1.29 is 4.79 Å². The molecule has 3 aromatic rings. The highest BCUT2D eigenvalue weighted by molar-refractivity contribution is 5.99. The van der Waals surface area contributed by atoms with E-state index in [1.165, 1.54) is 0 Å². The van der Waals surface area contributed by atoms with Crippen molar-refractivity contribution in [3.05, 3.63) is 95.3 Å². The summed E-state index contributed by atoms with van der Waals surface area (Å²) < 4.78 is 2.15. The molecule has 1 N–H and O–H groups in total. The van der Waals surface area contributed by atoms with Crippen LogP contribution in [0.4, 0.5) is 0 Å². The maximum Gasteiger partial charge on any atom is 0.271 e. The Kier molecular flexibility index (Phi) is 5.67. The van der Waals surface area contributed by atoms with E-state index in [1.54, 1.807) is 0 Å². The van der Waals surface area contributed by atoms with Crippen molar-refractivity contribution in [2.24, 2.45) is 5.10 Å². The second-order valence-electron chi connectivity index (χ2n) is 6.44. The van der Waals surface area contributed by atoms with Crippen LogP contribution in [0.2, 0.25) is 0 Å². The van der Waals surface area contributed by atoms with E-state index in [0.29, 0.717) is 5.56 Å². The van der Waals surface area contributed by atoms with Gasteiger partial charge in [0.1, 0.15) is 0 Å². The van der Waals surface area contributed by atoms with Crippen molar-refractivity contribution in [3.63, 3.8) is 0 Å². The zero-order chi connectivity index (χ0) is 19.2. The van der Waals surface area contributed by atoms with Gasteiger partial charge in [0, 0.05) is 22.6 Å². The highest BCUT2D eigenvalue weighted by Gasteiger charge is 2.07. The third-order valence-electron chi connectivity index (χ3n) is 4.31. The molecule has 0 atom stereocenters. The van der Waals surface area contributed by atoms with Gasteiger partial charge in [-0.05, 0) is 68.8 Å². The predicted molar refractivity (Wildman–Crippen MR) is 111 cm³/mol. The van der Waals surface area contributed by atoms with E-state index in [9.17, 15) is 4.79 Å². The van der Waals surface area contributed by atoms with E-state index in [2.05, 4.69) is 41.1 Å². The first-order valence-electron chi connectivity index (χ1n) is 8.88. The summed E-state index contributed by atoms with van der Waals surface area (Å²) in [6, 6.07) is 21.6. The summed E-state index contributed by atoms with van der Waals surface area (Å²) in [6.07, 6.45) is 3.83. The van der Waals surface area contributed by atoms with Gasteiger partial charge in [0.05, 0.1) is 5.71 Å².